The van der Waals surface area contributed by atoms with Gasteiger partial charge in [0.05, 0.1) is 18.2 Å². The number of hydrogen-bond acceptors (Lipinski definition) is 6. The second-order valence-electron chi connectivity index (χ2n) is 6.94. The van der Waals surface area contributed by atoms with Crippen LogP contribution in [0.1, 0.15) is 33.6 Å². The fourth-order valence-electron chi connectivity index (χ4n) is 3.58. The van der Waals surface area contributed by atoms with Gasteiger partial charge in [0, 0.05) is 24.9 Å². The van der Waals surface area contributed by atoms with E-state index in [2.05, 4.69) is 4.74 Å². The quantitative estimate of drug-likeness (QED) is 0.290. The number of esters is 1. The van der Waals surface area contributed by atoms with E-state index >= 15 is 0 Å². The maximum absolute atomic E-state index is 12.9. The van der Waals surface area contributed by atoms with Crippen molar-refractivity contribution in [1.29, 1.82) is 0 Å². The van der Waals surface area contributed by atoms with Crippen LogP contribution in [0.5, 0.6) is 5.75 Å². The molecule has 0 radical (unpaired) electrons. The van der Waals surface area contributed by atoms with Crippen LogP contribution in [0.4, 0.5) is 0 Å². The molecule has 0 saturated carbocycles. The first-order valence-electron chi connectivity index (χ1n) is 9.81. The predicted octanol–water partition coefficient (Wildman–Crippen LogP) is 1.67. The molecule has 1 aromatic carbocycles. The number of hydrogen-bond donors (Lipinski definition) is 2. The lowest BCUT2D eigenvalue weighted by atomic mass is 9.97. The molecule has 0 aliphatic heterocycles. The first-order valence-corrected chi connectivity index (χ1v) is 9.81. The maximum atomic E-state index is 12.9. The Balaban J connectivity index is 2.25. The largest absolute Gasteiger partial charge is 0.480 e. The lowest BCUT2D eigenvalue weighted by molar-refractivity contribution is -0.142. The summed E-state index contributed by atoms with van der Waals surface area (Å²) in [7, 11) is 1.25. The zero-order valence-electron chi connectivity index (χ0n) is 17.2. The van der Waals surface area contributed by atoms with Gasteiger partial charge in [-0.15, -0.1) is 0 Å². The van der Waals surface area contributed by atoms with Crippen molar-refractivity contribution in [3.63, 3.8) is 0 Å². The van der Waals surface area contributed by atoms with Gasteiger partial charge in [-0.1, -0.05) is 30.3 Å². The molecule has 3 N–H and O–H groups in total. The first-order chi connectivity index (χ1) is 15.0. The number of aromatic nitrogens is 1. The third-order valence-electron chi connectivity index (χ3n) is 4.96. The summed E-state index contributed by atoms with van der Waals surface area (Å²) in [4.78, 5) is 36.3. The zero-order valence-corrected chi connectivity index (χ0v) is 17.2. The van der Waals surface area contributed by atoms with Crippen LogP contribution in [0.2, 0.25) is 0 Å². The summed E-state index contributed by atoms with van der Waals surface area (Å²) in [6.45, 7) is -0.432. The average Bonchev–Trinajstić information content (AvgIpc) is 3.09. The summed E-state index contributed by atoms with van der Waals surface area (Å²) >= 11 is 0. The number of ketones is 1. The van der Waals surface area contributed by atoms with Crippen LogP contribution >= 0.6 is 0 Å². The van der Waals surface area contributed by atoms with E-state index < -0.39 is 17.7 Å². The van der Waals surface area contributed by atoms with Crippen LogP contribution in [-0.2, 0) is 27.2 Å². The highest BCUT2D eigenvalue weighted by Crippen LogP contribution is 2.33. The predicted molar refractivity (Wildman–Crippen MR) is 113 cm³/mol. The number of primary amides is 1. The van der Waals surface area contributed by atoms with Crippen molar-refractivity contribution in [2.45, 2.75) is 19.3 Å². The van der Waals surface area contributed by atoms with Gasteiger partial charge in [-0.3, -0.25) is 9.59 Å². The number of nitrogens with two attached hydrogens (primary N) is 1. The van der Waals surface area contributed by atoms with E-state index in [0.717, 1.165) is 11.3 Å². The van der Waals surface area contributed by atoms with Gasteiger partial charge in [-0.25, -0.2) is 4.79 Å². The molecule has 0 atom stereocenters. The Bertz CT molecular complexity index is 1100. The molecular formula is C23H24N2O6. The second kappa shape index (κ2) is 9.90. The molecule has 8 heteroatoms. The van der Waals surface area contributed by atoms with Gasteiger partial charge in [-0.2, -0.15) is 0 Å². The number of fused-ring (bicyclic) bond motifs is 1. The lowest BCUT2D eigenvalue weighted by Gasteiger charge is -2.09. The molecule has 1 amide bonds. The summed E-state index contributed by atoms with van der Waals surface area (Å²) in [5.41, 5.74) is 8.24. The molecule has 0 fully saturated rings. The summed E-state index contributed by atoms with van der Waals surface area (Å²) in [5.74, 6) is -2.27. The molecule has 0 bridgehead atoms. The average molecular weight is 424 g/mol. The van der Waals surface area contributed by atoms with Gasteiger partial charge >= 0.3 is 5.97 Å². The monoisotopic (exact) mass is 424 g/mol. The van der Waals surface area contributed by atoms with E-state index in [-0.39, 0.29) is 24.5 Å². The number of carbonyl (C=O) groups is 3. The normalized spacial score (nSPS) is 10.8. The summed E-state index contributed by atoms with van der Waals surface area (Å²) in [6, 6.07) is 13.0. The number of nitrogens with zero attached hydrogens (tertiary/aromatic N) is 1. The van der Waals surface area contributed by atoms with Crippen LogP contribution in [0.3, 0.4) is 0 Å². The number of Topliss-reactive ketones (excluding diaryl/α,β-unsaturated/α-hetero) is 1. The number of carbonyl (C=O) groups excluding carboxylic acids is 3. The molecule has 2 aromatic heterocycles. The van der Waals surface area contributed by atoms with E-state index in [4.69, 9.17) is 10.5 Å². The summed E-state index contributed by atoms with van der Waals surface area (Å²) in [5, 5.41) is 9.39. The molecule has 0 unspecified atom stereocenters. The number of aliphatic hydroxyl groups is 1. The smallest absolute Gasteiger partial charge is 0.343 e. The Morgan fingerprint density at radius 3 is 2.48 bits per heavy atom. The fraction of sp³-hybridized carbons (Fsp3) is 0.261. The first kappa shape index (κ1) is 22.0. The Hall–Kier alpha value is -3.65. The van der Waals surface area contributed by atoms with Crippen molar-refractivity contribution in [2.24, 2.45) is 5.73 Å². The number of amides is 1. The van der Waals surface area contributed by atoms with E-state index in [1.165, 1.54) is 7.11 Å². The number of benzene rings is 1. The molecule has 31 heavy (non-hydrogen) atoms. The van der Waals surface area contributed by atoms with Crippen molar-refractivity contribution in [1.82, 2.24) is 4.40 Å². The number of aliphatic hydroxyl groups excluding tert-OH is 1. The molecule has 0 spiro atoms. The third kappa shape index (κ3) is 4.75. The Morgan fingerprint density at radius 2 is 1.84 bits per heavy atom. The molecule has 0 saturated heterocycles. The summed E-state index contributed by atoms with van der Waals surface area (Å²) in [6.07, 6.45) is 3.01. The SMILES string of the molecule is COC(=O)COc1cccn2c(Cc3ccccc3)c(CCCO)c(C(=O)C(N)=O)c12. The summed E-state index contributed by atoms with van der Waals surface area (Å²) < 4.78 is 12.0. The minimum atomic E-state index is -1.09. The van der Waals surface area contributed by atoms with Crippen molar-refractivity contribution in [3.05, 3.63) is 71.0 Å². The highest BCUT2D eigenvalue weighted by molar-refractivity contribution is 6.44. The van der Waals surface area contributed by atoms with Crippen molar-refractivity contribution in [2.75, 3.05) is 20.3 Å². The minimum absolute atomic E-state index is 0.0765. The van der Waals surface area contributed by atoms with Crippen LogP contribution in [-0.4, -0.2) is 47.5 Å². The molecule has 3 rings (SSSR count). The number of rotatable bonds is 10. The number of ether oxygens (including phenoxy) is 2. The Labute approximate surface area is 179 Å². The van der Waals surface area contributed by atoms with Crippen molar-refractivity contribution < 1.29 is 29.0 Å². The van der Waals surface area contributed by atoms with E-state index in [0.29, 0.717) is 30.3 Å². The zero-order chi connectivity index (χ0) is 22.4. The van der Waals surface area contributed by atoms with E-state index in [1.54, 1.807) is 22.7 Å². The molecule has 0 aliphatic rings. The highest BCUT2D eigenvalue weighted by Gasteiger charge is 2.28. The molecular weight excluding hydrogens is 400 g/mol. The Kier molecular flexibility index (Phi) is 7.04. The van der Waals surface area contributed by atoms with Gasteiger partial charge in [0.15, 0.2) is 6.61 Å². The van der Waals surface area contributed by atoms with Gasteiger partial charge < -0.3 is 24.7 Å². The number of methoxy groups -OCH3 is 1. The van der Waals surface area contributed by atoms with Gasteiger partial charge in [0.2, 0.25) is 0 Å². The molecule has 0 aliphatic carbocycles. The maximum Gasteiger partial charge on any atom is 0.343 e. The highest BCUT2D eigenvalue weighted by atomic mass is 16.6. The minimum Gasteiger partial charge on any atom is -0.480 e. The van der Waals surface area contributed by atoms with Crippen molar-refractivity contribution in [3.8, 4) is 5.75 Å². The van der Waals surface area contributed by atoms with Crippen LogP contribution in [0.25, 0.3) is 5.52 Å². The van der Waals surface area contributed by atoms with Crippen LogP contribution < -0.4 is 10.5 Å². The van der Waals surface area contributed by atoms with Crippen molar-refractivity contribution >= 4 is 23.2 Å². The number of pyridine rings is 1. The van der Waals surface area contributed by atoms with Crippen LogP contribution in [0.15, 0.2) is 48.7 Å². The third-order valence-corrected chi connectivity index (χ3v) is 4.96. The Morgan fingerprint density at radius 1 is 1.10 bits per heavy atom. The molecule has 2 heterocycles. The lowest BCUT2D eigenvalue weighted by Crippen LogP contribution is -2.24. The molecule has 162 valence electrons. The molecule has 8 nitrogen and oxygen atoms in total. The van der Waals surface area contributed by atoms with Gasteiger partial charge in [0.25, 0.3) is 11.7 Å². The molecule has 3 aromatic rings. The van der Waals surface area contributed by atoms with Gasteiger partial charge in [-0.05, 0) is 36.1 Å². The van der Waals surface area contributed by atoms with Gasteiger partial charge in [0.1, 0.15) is 5.75 Å². The van der Waals surface area contributed by atoms with E-state index in [9.17, 15) is 19.5 Å². The van der Waals surface area contributed by atoms with E-state index in [1.807, 2.05) is 30.3 Å². The second-order valence-corrected chi connectivity index (χ2v) is 6.94. The topological polar surface area (TPSA) is 120 Å². The standard InChI is InChI=1S/C23H24N2O6/c1-30-19(27)14-31-18-10-5-11-25-17(13-15-7-3-2-4-8-15)16(9-6-12-26)20(21(18)25)22(28)23(24)29/h2-5,7-8,10-11,26H,6,9,12-14H2,1H3,(H2,24,29). The van der Waals surface area contributed by atoms with Crippen LogP contribution in [0, 0.1) is 0 Å². The fourth-order valence-corrected chi connectivity index (χ4v) is 3.58.